The Morgan fingerprint density at radius 3 is 2.18 bits per heavy atom. The van der Waals surface area contributed by atoms with Crippen molar-refractivity contribution < 1.29 is 14.3 Å². The van der Waals surface area contributed by atoms with Crippen LogP contribution < -0.4 is 14.8 Å². The number of ether oxygens (including phenoxy) is 2. The number of amides is 1. The Kier molecular flexibility index (Phi) is 7.76. The summed E-state index contributed by atoms with van der Waals surface area (Å²) in [6, 6.07) is 33.1. The number of anilines is 1. The van der Waals surface area contributed by atoms with Gasteiger partial charge in [-0.05, 0) is 59.5 Å². The Labute approximate surface area is 231 Å². The summed E-state index contributed by atoms with van der Waals surface area (Å²) in [7, 11) is 3.23. The molecule has 192 valence electrons. The normalized spacial score (nSPS) is 10.6. The van der Waals surface area contributed by atoms with Crippen molar-refractivity contribution in [1.29, 1.82) is 5.26 Å². The van der Waals surface area contributed by atoms with E-state index in [-0.39, 0.29) is 11.7 Å². The van der Waals surface area contributed by atoms with Crippen LogP contribution in [-0.2, 0) is 4.79 Å². The number of pyridine rings is 1. The second kappa shape index (κ2) is 11.7. The lowest BCUT2D eigenvalue weighted by molar-refractivity contribution is -0.113. The molecule has 0 saturated carbocycles. The Morgan fingerprint density at radius 2 is 1.51 bits per heavy atom. The van der Waals surface area contributed by atoms with E-state index in [0.29, 0.717) is 16.3 Å². The fourth-order valence-electron chi connectivity index (χ4n) is 4.30. The van der Waals surface area contributed by atoms with Crippen molar-refractivity contribution in [1.82, 2.24) is 4.98 Å². The Morgan fingerprint density at radius 1 is 0.872 bits per heavy atom. The van der Waals surface area contributed by atoms with Gasteiger partial charge in [-0.2, -0.15) is 5.26 Å². The summed E-state index contributed by atoms with van der Waals surface area (Å²) in [5, 5.41) is 15.7. The van der Waals surface area contributed by atoms with E-state index in [9.17, 15) is 10.1 Å². The van der Waals surface area contributed by atoms with Crippen molar-refractivity contribution in [3.63, 3.8) is 0 Å². The van der Waals surface area contributed by atoms with E-state index < -0.39 is 0 Å². The Hall–Kier alpha value is -4.80. The number of nitriles is 1. The first kappa shape index (κ1) is 25.8. The molecule has 0 fully saturated rings. The molecule has 4 aromatic carbocycles. The Bertz CT molecular complexity index is 1670. The van der Waals surface area contributed by atoms with Crippen LogP contribution in [-0.4, -0.2) is 30.9 Å². The van der Waals surface area contributed by atoms with E-state index in [1.807, 2.05) is 97.1 Å². The van der Waals surface area contributed by atoms with Gasteiger partial charge in [-0.3, -0.25) is 4.79 Å². The highest BCUT2D eigenvalue weighted by atomic mass is 32.2. The summed E-state index contributed by atoms with van der Waals surface area (Å²) in [5.74, 6) is 1.38. The number of aromatic nitrogens is 1. The van der Waals surface area contributed by atoms with Crippen molar-refractivity contribution in [3.05, 3.63) is 103 Å². The van der Waals surface area contributed by atoms with Crippen LogP contribution in [0.5, 0.6) is 11.5 Å². The standard InChI is InChI=1S/C32H25N3O3S/c1-37-24-14-10-22(11-15-24)27-18-30(23-12-16-25(38-2)17-13-23)35-32(28(27)19-33)39-20-31(36)34-29-9-5-7-21-6-3-4-8-26(21)29/h3-18H,20H2,1-2H3,(H,34,36). The molecule has 7 heteroatoms. The van der Waals surface area contributed by atoms with Crippen LogP contribution in [0.3, 0.4) is 0 Å². The maximum atomic E-state index is 13.0. The van der Waals surface area contributed by atoms with E-state index in [0.717, 1.165) is 44.6 Å². The number of hydrogen-bond acceptors (Lipinski definition) is 6. The van der Waals surface area contributed by atoms with Gasteiger partial charge in [0.1, 0.15) is 22.6 Å². The zero-order valence-corrected chi connectivity index (χ0v) is 22.3. The average molecular weight is 532 g/mol. The molecule has 5 aromatic rings. The zero-order valence-electron chi connectivity index (χ0n) is 21.5. The van der Waals surface area contributed by atoms with Gasteiger partial charge in [0.25, 0.3) is 0 Å². The number of hydrogen-bond donors (Lipinski definition) is 1. The van der Waals surface area contributed by atoms with Gasteiger partial charge in [-0.25, -0.2) is 4.98 Å². The smallest absolute Gasteiger partial charge is 0.234 e. The van der Waals surface area contributed by atoms with Crippen molar-refractivity contribution >= 4 is 34.1 Å². The van der Waals surface area contributed by atoms with Crippen LogP contribution in [0.1, 0.15) is 5.56 Å². The van der Waals surface area contributed by atoms with E-state index in [1.54, 1.807) is 14.2 Å². The molecule has 0 aliphatic heterocycles. The van der Waals surface area contributed by atoms with Gasteiger partial charge in [-0.15, -0.1) is 0 Å². The topological polar surface area (TPSA) is 84.2 Å². The van der Waals surface area contributed by atoms with Crippen molar-refractivity contribution in [2.45, 2.75) is 5.03 Å². The van der Waals surface area contributed by atoms with Gasteiger partial charge in [0.15, 0.2) is 0 Å². The molecule has 1 heterocycles. The van der Waals surface area contributed by atoms with Gasteiger partial charge in [0.05, 0.1) is 31.2 Å². The quantitative estimate of drug-likeness (QED) is 0.213. The Balaban J connectivity index is 1.48. The third-order valence-electron chi connectivity index (χ3n) is 6.29. The number of rotatable bonds is 8. The zero-order chi connectivity index (χ0) is 27.2. The summed E-state index contributed by atoms with van der Waals surface area (Å²) in [6.45, 7) is 0. The van der Waals surface area contributed by atoms with Crippen molar-refractivity contribution in [2.24, 2.45) is 0 Å². The first-order chi connectivity index (χ1) is 19.1. The maximum absolute atomic E-state index is 13.0. The highest BCUT2D eigenvalue weighted by Crippen LogP contribution is 2.35. The summed E-state index contributed by atoms with van der Waals surface area (Å²) >= 11 is 1.24. The molecule has 0 saturated heterocycles. The second-order valence-electron chi connectivity index (χ2n) is 8.67. The highest BCUT2D eigenvalue weighted by Gasteiger charge is 2.18. The highest BCUT2D eigenvalue weighted by molar-refractivity contribution is 8.00. The summed E-state index contributed by atoms with van der Waals surface area (Å²) in [5.41, 5.74) is 4.32. The summed E-state index contributed by atoms with van der Waals surface area (Å²) in [6.07, 6.45) is 0. The number of benzene rings is 4. The minimum atomic E-state index is -0.178. The van der Waals surface area contributed by atoms with Gasteiger partial charge in [0, 0.05) is 22.2 Å². The number of fused-ring (bicyclic) bond motifs is 1. The molecule has 6 nitrogen and oxygen atoms in total. The number of nitrogens with one attached hydrogen (secondary N) is 1. The van der Waals surface area contributed by atoms with E-state index in [1.165, 1.54) is 11.8 Å². The average Bonchev–Trinajstić information content (AvgIpc) is 3.00. The summed E-state index contributed by atoms with van der Waals surface area (Å²) < 4.78 is 10.6. The van der Waals surface area contributed by atoms with Crippen LogP contribution in [0.2, 0.25) is 0 Å². The minimum absolute atomic E-state index is 0.0962. The van der Waals surface area contributed by atoms with Crippen molar-refractivity contribution in [3.8, 4) is 40.0 Å². The number of methoxy groups -OCH3 is 2. The van der Waals surface area contributed by atoms with E-state index >= 15 is 0 Å². The molecule has 0 atom stereocenters. The number of carbonyl (C=O) groups excluding carboxylic acids is 1. The van der Waals surface area contributed by atoms with Crippen LogP contribution in [0, 0.1) is 11.3 Å². The van der Waals surface area contributed by atoms with Crippen LogP contribution in [0.4, 0.5) is 5.69 Å². The summed E-state index contributed by atoms with van der Waals surface area (Å²) in [4.78, 5) is 17.8. The molecule has 0 spiro atoms. The van der Waals surface area contributed by atoms with E-state index in [4.69, 9.17) is 14.5 Å². The molecular formula is C32H25N3O3S. The molecule has 0 aliphatic carbocycles. The lowest BCUT2D eigenvalue weighted by Crippen LogP contribution is -2.14. The predicted molar refractivity (Wildman–Crippen MR) is 156 cm³/mol. The number of thioether (sulfide) groups is 1. The molecule has 0 bridgehead atoms. The van der Waals surface area contributed by atoms with Gasteiger partial charge < -0.3 is 14.8 Å². The number of nitrogens with zero attached hydrogens (tertiary/aromatic N) is 2. The molecule has 0 unspecified atom stereocenters. The van der Waals surface area contributed by atoms with Crippen LogP contribution in [0.15, 0.2) is 102 Å². The van der Waals surface area contributed by atoms with E-state index in [2.05, 4.69) is 11.4 Å². The molecule has 1 N–H and O–H groups in total. The third kappa shape index (κ3) is 5.71. The second-order valence-corrected chi connectivity index (χ2v) is 9.63. The lowest BCUT2D eigenvalue weighted by atomic mass is 9.99. The predicted octanol–water partition coefficient (Wildman–Crippen LogP) is 7.19. The van der Waals surface area contributed by atoms with Crippen molar-refractivity contribution in [2.75, 3.05) is 25.3 Å². The molecule has 1 amide bonds. The molecule has 0 radical (unpaired) electrons. The fraction of sp³-hybridized carbons (Fsp3) is 0.0938. The fourth-order valence-corrected chi connectivity index (χ4v) is 5.10. The molecular weight excluding hydrogens is 506 g/mol. The molecule has 5 rings (SSSR count). The molecule has 0 aliphatic rings. The maximum Gasteiger partial charge on any atom is 0.234 e. The van der Waals surface area contributed by atoms with Gasteiger partial charge >= 0.3 is 0 Å². The number of carbonyl (C=O) groups is 1. The van der Waals surface area contributed by atoms with Crippen LogP contribution >= 0.6 is 11.8 Å². The largest absolute Gasteiger partial charge is 0.497 e. The molecule has 39 heavy (non-hydrogen) atoms. The molecule has 1 aromatic heterocycles. The first-order valence-electron chi connectivity index (χ1n) is 12.2. The van der Waals surface area contributed by atoms with Crippen LogP contribution in [0.25, 0.3) is 33.2 Å². The third-order valence-corrected chi connectivity index (χ3v) is 7.26. The van der Waals surface area contributed by atoms with Gasteiger partial charge in [0.2, 0.25) is 5.91 Å². The minimum Gasteiger partial charge on any atom is -0.497 e. The first-order valence-corrected chi connectivity index (χ1v) is 13.2. The lowest BCUT2D eigenvalue weighted by Gasteiger charge is -2.14. The monoisotopic (exact) mass is 531 g/mol. The SMILES string of the molecule is COc1ccc(-c2cc(-c3ccc(OC)cc3)c(C#N)c(SCC(=O)Nc3cccc4ccccc34)n2)cc1. The van der Waals surface area contributed by atoms with Gasteiger partial charge in [-0.1, -0.05) is 60.3 Å².